The molecule has 0 N–H and O–H groups in total. The number of benzene rings is 1. The zero-order valence-electron chi connectivity index (χ0n) is 9.16. The summed E-state index contributed by atoms with van der Waals surface area (Å²) in [5.74, 6) is -0.0267. The third-order valence-electron chi connectivity index (χ3n) is 2.38. The quantitative estimate of drug-likeness (QED) is 0.713. The van der Waals surface area contributed by atoms with E-state index in [9.17, 15) is 4.79 Å². The van der Waals surface area contributed by atoms with E-state index in [2.05, 4.69) is 36.8 Å². The molecule has 0 aliphatic carbocycles. The van der Waals surface area contributed by atoms with Crippen molar-refractivity contribution < 1.29 is 4.79 Å². The van der Waals surface area contributed by atoms with Crippen LogP contribution in [0.2, 0.25) is 5.02 Å². The lowest BCUT2D eigenvalue weighted by Gasteiger charge is -2.05. The predicted octanol–water partition coefficient (Wildman–Crippen LogP) is 4.69. The van der Waals surface area contributed by atoms with E-state index >= 15 is 0 Å². The van der Waals surface area contributed by atoms with Crippen LogP contribution in [0.25, 0.3) is 0 Å². The molecule has 0 spiro atoms. The number of nitrogens with zero attached hydrogens (tertiary/aromatic N) is 1. The highest BCUT2D eigenvalue weighted by atomic mass is 79.9. The molecule has 2 aromatic rings. The second kappa shape index (κ2) is 5.95. The van der Waals surface area contributed by atoms with Crippen molar-refractivity contribution in [3.8, 4) is 0 Å². The summed E-state index contributed by atoms with van der Waals surface area (Å²) in [6.45, 7) is 0. The lowest BCUT2D eigenvalue weighted by molar-refractivity contribution is 0.0993. The lowest BCUT2D eigenvalue weighted by Crippen LogP contribution is -2.04. The third-order valence-corrected chi connectivity index (χ3v) is 4.11. The predicted molar refractivity (Wildman–Crippen MR) is 79.1 cm³/mol. The Hall–Kier alpha value is -0.710. The van der Waals surface area contributed by atoms with E-state index in [-0.39, 0.29) is 12.2 Å². The highest BCUT2D eigenvalue weighted by molar-refractivity contribution is 9.10. The van der Waals surface area contributed by atoms with Gasteiger partial charge < -0.3 is 0 Å². The first-order valence-electron chi connectivity index (χ1n) is 5.14. The second-order valence-electron chi connectivity index (χ2n) is 3.71. The number of hydrogen-bond acceptors (Lipinski definition) is 2. The zero-order valence-corrected chi connectivity index (χ0v) is 13.1. The fourth-order valence-electron chi connectivity index (χ4n) is 1.55. The monoisotopic (exact) mass is 387 g/mol. The number of aromatic nitrogens is 1. The molecule has 92 valence electrons. The molecule has 0 aliphatic heterocycles. The van der Waals surface area contributed by atoms with E-state index in [1.54, 1.807) is 30.6 Å². The summed E-state index contributed by atoms with van der Waals surface area (Å²) in [6, 6.07) is 7.19. The van der Waals surface area contributed by atoms with Crippen LogP contribution in [0, 0.1) is 0 Å². The third kappa shape index (κ3) is 3.19. The molecular formula is C13H8Br2ClNO. The van der Waals surface area contributed by atoms with E-state index in [0.717, 1.165) is 14.5 Å². The molecule has 0 radical (unpaired) electrons. The van der Waals surface area contributed by atoms with E-state index in [1.807, 2.05) is 6.07 Å². The van der Waals surface area contributed by atoms with Crippen LogP contribution >= 0.6 is 43.5 Å². The maximum Gasteiger partial charge on any atom is 0.168 e. The topological polar surface area (TPSA) is 30.0 Å². The van der Waals surface area contributed by atoms with Crippen molar-refractivity contribution in [2.24, 2.45) is 0 Å². The Bertz CT molecular complexity index is 601. The Morgan fingerprint density at radius 2 is 2.06 bits per heavy atom. The Kier molecular flexibility index (Phi) is 4.54. The standard InChI is InChI=1S/C13H8Br2ClNO/c14-9-4-8(6-17-7-9)5-12(18)10-2-1-3-11(15)13(10)16/h1-4,6-7H,5H2. The summed E-state index contributed by atoms with van der Waals surface area (Å²) in [5, 5.41) is 0.449. The van der Waals surface area contributed by atoms with Gasteiger partial charge in [0.1, 0.15) is 0 Å². The number of carbonyl (C=O) groups excluding carboxylic acids is 1. The van der Waals surface area contributed by atoms with Crippen molar-refractivity contribution in [2.45, 2.75) is 6.42 Å². The van der Waals surface area contributed by atoms with Crippen molar-refractivity contribution in [1.82, 2.24) is 4.98 Å². The summed E-state index contributed by atoms with van der Waals surface area (Å²) in [4.78, 5) is 16.2. The first kappa shape index (κ1) is 13.7. The van der Waals surface area contributed by atoms with Crippen molar-refractivity contribution in [2.75, 3.05) is 0 Å². The van der Waals surface area contributed by atoms with Crippen LogP contribution in [-0.2, 0) is 6.42 Å². The van der Waals surface area contributed by atoms with Gasteiger partial charge in [0.05, 0.1) is 5.02 Å². The summed E-state index contributed by atoms with van der Waals surface area (Å²) in [6.07, 6.45) is 3.64. The molecule has 5 heteroatoms. The Morgan fingerprint density at radius 1 is 1.28 bits per heavy atom. The van der Waals surface area contributed by atoms with Crippen LogP contribution in [0.4, 0.5) is 0 Å². The number of carbonyl (C=O) groups is 1. The normalized spacial score (nSPS) is 10.4. The molecule has 0 unspecified atom stereocenters. The minimum atomic E-state index is -0.0267. The van der Waals surface area contributed by atoms with Crippen LogP contribution in [0.15, 0.2) is 45.6 Å². The molecule has 0 fully saturated rings. The fourth-order valence-corrected chi connectivity index (χ4v) is 2.56. The second-order valence-corrected chi connectivity index (χ2v) is 5.86. The number of rotatable bonds is 3. The Labute approximate surface area is 127 Å². The van der Waals surface area contributed by atoms with E-state index in [1.165, 1.54) is 0 Å². The van der Waals surface area contributed by atoms with Crippen LogP contribution < -0.4 is 0 Å². The van der Waals surface area contributed by atoms with Crippen molar-refractivity contribution in [1.29, 1.82) is 0 Å². The first-order valence-corrected chi connectivity index (χ1v) is 7.11. The van der Waals surface area contributed by atoms with Gasteiger partial charge in [0.25, 0.3) is 0 Å². The Morgan fingerprint density at radius 3 is 2.78 bits per heavy atom. The fraction of sp³-hybridized carbons (Fsp3) is 0.0769. The highest BCUT2D eigenvalue weighted by Crippen LogP contribution is 2.27. The van der Waals surface area contributed by atoms with Gasteiger partial charge in [0, 0.05) is 33.3 Å². The van der Waals surface area contributed by atoms with Crippen molar-refractivity contribution in [3.63, 3.8) is 0 Å². The summed E-state index contributed by atoms with van der Waals surface area (Å²) < 4.78 is 1.58. The van der Waals surface area contributed by atoms with Gasteiger partial charge in [-0.1, -0.05) is 17.7 Å². The number of hydrogen-bond donors (Lipinski definition) is 0. The summed E-state index contributed by atoms with van der Waals surface area (Å²) in [5.41, 5.74) is 1.37. The van der Waals surface area contributed by atoms with Crippen LogP contribution in [-0.4, -0.2) is 10.8 Å². The SMILES string of the molecule is O=C(Cc1cncc(Br)c1)c1cccc(Br)c1Cl. The van der Waals surface area contributed by atoms with Gasteiger partial charge in [0.2, 0.25) is 0 Å². The Balaban J connectivity index is 2.25. The largest absolute Gasteiger partial charge is 0.294 e. The maximum absolute atomic E-state index is 12.2. The molecule has 0 atom stereocenters. The molecular weight excluding hydrogens is 381 g/mol. The number of ketones is 1. The molecule has 0 bridgehead atoms. The molecule has 18 heavy (non-hydrogen) atoms. The van der Waals surface area contributed by atoms with Gasteiger partial charge in [-0.3, -0.25) is 9.78 Å². The summed E-state index contributed by atoms with van der Waals surface area (Å²) >= 11 is 12.7. The van der Waals surface area contributed by atoms with Gasteiger partial charge in [-0.15, -0.1) is 0 Å². The zero-order chi connectivity index (χ0) is 13.1. The molecule has 0 aliphatic rings. The van der Waals surface area contributed by atoms with Gasteiger partial charge in [-0.2, -0.15) is 0 Å². The summed E-state index contributed by atoms with van der Waals surface area (Å²) in [7, 11) is 0. The maximum atomic E-state index is 12.2. The van der Waals surface area contributed by atoms with E-state index in [0.29, 0.717) is 10.6 Å². The molecule has 1 aromatic heterocycles. The molecule has 1 aromatic carbocycles. The minimum Gasteiger partial charge on any atom is -0.294 e. The molecule has 0 amide bonds. The van der Waals surface area contributed by atoms with E-state index < -0.39 is 0 Å². The number of Topliss-reactive ketones (excluding diaryl/α,β-unsaturated/α-hetero) is 1. The molecule has 2 rings (SSSR count). The molecule has 0 saturated heterocycles. The van der Waals surface area contributed by atoms with Gasteiger partial charge in [-0.05, 0) is 55.6 Å². The smallest absolute Gasteiger partial charge is 0.168 e. The van der Waals surface area contributed by atoms with Crippen LogP contribution in [0.1, 0.15) is 15.9 Å². The van der Waals surface area contributed by atoms with Crippen LogP contribution in [0.3, 0.4) is 0 Å². The van der Waals surface area contributed by atoms with Gasteiger partial charge in [0.15, 0.2) is 5.78 Å². The molecule has 1 heterocycles. The van der Waals surface area contributed by atoms with Crippen LogP contribution in [0.5, 0.6) is 0 Å². The molecule has 0 saturated carbocycles. The number of halogens is 3. The van der Waals surface area contributed by atoms with Gasteiger partial charge in [-0.25, -0.2) is 0 Å². The lowest BCUT2D eigenvalue weighted by atomic mass is 10.0. The van der Waals surface area contributed by atoms with E-state index in [4.69, 9.17) is 11.6 Å². The molecule has 2 nitrogen and oxygen atoms in total. The van der Waals surface area contributed by atoms with Crippen molar-refractivity contribution in [3.05, 3.63) is 61.8 Å². The van der Waals surface area contributed by atoms with Crippen molar-refractivity contribution >= 4 is 49.2 Å². The van der Waals surface area contributed by atoms with Gasteiger partial charge >= 0.3 is 0 Å². The highest BCUT2D eigenvalue weighted by Gasteiger charge is 2.13. The first-order chi connectivity index (χ1) is 8.58. The number of pyridine rings is 1. The minimum absolute atomic E-state index is 0.0267. The average molecular weight is 389 g/mol. The average Bonchev–Trinajstić information content (AvgIpc) is 2.32.